The van der Waals surface area contributed by atoms with E-state index in [0.717, 1.165) is 0 Å². The van der Waals surface area contributed by atoms with Crippen LogP contribution in [0.5, 0.6) is 0 Å². The van der Waals surface area contributed by atoms with E-state index in [2.05, 4.69) is 27.4 Å². The van der Waals surface area contributed by atoms with E-state index in [9.17, 15) is 9.59 Å². The Labute approximate surface area is 115 Å². The van der Waals surface area contributed by atoms with Gasteiger partial charge in [0.2, 0.25) is 5.91 Å². The molecule has 0 saturated heterocycles. The number of benzene rings is 1. The number of nitrogens with one attached hydrogen (secondary N) is 2. The van der Waals surface area contributed by atoms with Gasteiger partial charge in [-0.25, -0.2) is 4.79 Å². The molecule has 6 heteroatoms. The van der Waals surface area contributed by atoms with Gasteiger partial charge in [0.25, 0.3) is 0 Å². The van der Waals surface area contributed by atoms with Gasteiger partial charge < -0.3 is 10.1 Å². The Morgan fingerprint density at radius 1 is 1.45 bits per heavy atom. The third-order valence-electron chi connectivity index (χ3n) is 2.62. The van der Waals surface area contributed by atoms with Crippen molar-refractivity contribution in [2.24, 2.45) is 0 Å². The molecule has 2 rings (SSSR count). The van der Waals surface area contributed by atoms with Gasteiger partial charge in [-0.15, -0.1) is 0 Å². The van der Waals surface area contributed by atoms with Gasteiger partial charge in [0.15, 0.2) is 0 Å². The average molecular weight is 271 g/mol. The molecular formula is C14H13N3O3. The van der Waals surface area contributed by atoms with Gasteiger partial charge in [0.05, 0.1) is 30.9 Å². The van der Waals surface area contributed by atoms with Gasteiger partial charge in [-0.3, -0.25) is 9.89 Å². The van der Waals surface area contributed by atoms with Crippen LogP contribution in [0.1, 0.15) is 22.8 Å². The quantitative estimate of drug-likeness (QED) is 0.626. The van der Waals surface area contributed by atoms with Crippen molar-refractivity contribution in [1.29, 1.82) is 0 Å². The van der Waals surface area contributed by atoms with E-state index in [1.54, 1.807) is 18.3 Å². The first-order valence-corrected chi connectivity index (χ1v) is 5.90. The molecule has 6 nitrogen and oxygen atoms in total. The molecule has 0 aliphatic carbocycles. The Morgan fingerprint density at radius 2 is 2.25 bits per heavy atom. The molecule has 1 amide bonds. The fourth-order valence-corrected chi connectivity index (χ4v) is 1.72. The van der Waals surface area contributed by atoms with E-state index < -0.39 is 5.97 Å². The predicted molar refractivity (Wildman–Crippen MR) is 73.0 cm³/mol. The smallest absolute Gasteiger partial charge is 0.338 e. The summed E-state index contributed by atoms with van der Waals surface area (Å²) < 4.78 is 4.74. The molecule has 0 saturated carbocycles. The van der Waals surface area contributed by atoms with Crippen LogP contribution in [0.2, 0.25) is 0 Å². The van der Waals surface area contributed by atoms with Crippen molar-refractivity contribution in [3.8, 4) is 11.8 Å². The van der Waals surface area contributed by atoms with Crippen LogP contribution in [-0.4, -0.2) is 35.7 Å². The minimum Gasteiger partial charge on any atom is -0.465 e. The number of fused-ring (bicyclic) bond motifs is 1. The number of esters is 1. The van der Waals surface area contributed by atoms with Crippen LogP contribution in [-0.2, 0) is 9.53 Å². The number of ether oxygens (including phenoxy) is 1. The van der Waals surface area contributed by atoms with Crippen molar-refractivity contribution in [2.75, 3.05) is 13.7 Å². The zero-order chi connectivity index (χ0) is 14.5. The van der Waals surface area contributed by atoms with E-state index in [4.69, 9.17) is 4.74 Å². The van der Waals surface area contributed by atoms with Gasteiger partial charge in [0, 0.05) is 17.9 Å². The molecule has 0 spiro atoms. The number of carbonyl (C=O) groups is 2. The highest BCUT2D eigenvalue weighted by atomic mass is 16.5. The van der Waals surface area contributed by atoms with E-state index in [1.165, 1.54) is 14.0 Å². The standard InChI is InChI=1S/C14H13N3O3/c1-9(18)15-5-3-4-10-6-11(14(19)20-2)12-8-16-17-13(12)7-10/h6-8H,5H2,1-2H3,(H,15,18)(H,16,17). The van der Waals surface area contributed by atoms with Gasteiger partial charge in [-0.1, -0.05) is 11.8 Å². The van der Waals surface area contributed by atoms with Crippen LogP contribution < -0.4 is 5.32 Å². The lowest BCUT2D eigenvalue weighted by atomic mass is 10.1. The zero-order valence-electron chi connectivity index (χ0n) is 11.1. The van der Waals surface area contributed by atoms with Crippen molar-refractivity contribution < 1.29 is 14.3 Å². The molecule has 0 radical (unpaired) electrons. The van der Waals surface area contributed by atoms with E-state index >= 15 is 0 Å². The largest absolute Gasteiger partial charge is 0.465 e. The molecule has 2 aromatic rings. The third-order valence-corrected chi connectivity index (χ3v) is 2.62. The molecule has 1 aromatic carbocycles. The SMILES string of the molecule is COC(=O)c1cc(C#CCNC(C)=O)cc2[nH]ncc12. The fraction of sp³-hybridized carbons (Fsp3) is 0.214. The first kappa shape index (κ1) is 13.6. The van der Waals surface area contributed by atoms with E-state index in [0.29, 0.717) is 22.0 Å². The zero-order valence-corrected chi connectivity index (χ0v) is 11.1. The summed E-state index contributed by atoms with van der Waals surface area (Å²) in [7, 11) is 1.32. The monoisotopic (exact) mass is 271 g/mol. The Bertz CT molecular complexity index is 722. The number of hydrogen-bond donors (Lipinski definition) is 2. The molecule has 0 aliphatic heterocycles. The second-order valence-electron chi connectivity index (χ2n) is 4.06. The molecule has 0 aliphatic rings. The number of hydrogen-bond acceptors (Lipinski definition) is 4. The molecule has 102 valence electrons. The highest BCUT2D eigenvalue weighted by molar-refractivity contribution is 6.03. The van der Waals surface area contributed by atoms with Crippen LogP contribution in [0.15, 0.2) is 18.3 Å². The summed E-state index contributed by atoms with van der Waals surface area (Å²) in [5.74, 6) is 5.10. The van der Waals surface area contributed by atoms with Gasteiger partial charge in [0.1, 0.15) is 0 Å². The normalized spacial score (nSPS) is 9.70. The van der Waals surface area contributed by atoms with Crippen molar-refractivity contribution in [2.45, 2.75) is 6.92 Å². The van der Waals surface area contributed by atoms with Crippen LogP contribution in [0.3, 0.4) is 0 Å². The number of aromatic amines is 1. The lowest BCUT2D eigenvalue weighted by molar-refractivity contribution is -0.118. The Balaban J connectivity index is 2.35. The Kier molecular flexibility index (Phi) is 4.01. The molecule has 1 heterocycles. The van der Waals surface area contributed by atoms with E-state index in [-0.39, 0.29) is 12.5 Å². The number of carbonyl (C=O) groups excluding carboxylic acids is 2. The number of amides is 1. The summed E-state index contributed by atoms with van der Waals surface area (Å²) in [6.07, 6.45) is 1.57. The molecule has 20 heavy (non-hydrogen) atoms. The highest BCUT2D eigenvalue weighted by Crippen LogP contribution is 2.19. The Hall–Kier alpha value is -2.81. The lowest BCUT2D eigenvalue weighted by Crippen LogP contribution is -2.19. The van der Waals surface area contributed by atoms with Gasteiger partial charge in [-0.05, 0) is 12.1 Å². The highest BCUT2D eigenvalue weighted by Gasteiger charge is 2.12. The minimum absolute atomic E-state index is 0.140. The van der Waals surface area contributed by atoms with Crippen molar-refractivity contribution in [3.63, 3.8) is 0 Å². The molecular weight excluding hydrogens is 258 g/mol. The van der Waals surface area contributed by atoms with E-state index in [1.807, 2.05) is 0 Å². The topological polar surface area (TPSA) is 84.1 Å². The maximum atomic E-state index is 11.7. The summed E-state index contributed by atoms with van der Waals surface area (Å²) in [6, 6.07) is 3.43. The van der Waals surface area contributed by atoms with Crippen LogP contribution in [0.4, 0.5) is 0 Å². The number of nitrogens with zero attached hydrogens (tertiary/aromatic N) is 1. The Morgan fingerprint density at radius 3 is 2.95 bits per heavy atom. The molecule has 2 N–H and O–H groups in total. The molecule has 0 unspecified atom stereocenters. The summed E-state index contributed by atoms with van der Waals surface area (Å²) in [5.41, 5.74) is 1.76. The fourth-order valence-electron chi connectivity index (χ4n) is 1.72. The average Bonchev–Trinajstić information content (AvgIpc) is 2.89. The summed E-state index contributed by atoms with van der Waals surface area (Å²) in [4.78, 5) is 22.5. The lowest BCUT2D eigenvalue weighted by Gasteiger charge is -2.02. The van der Waals surface area contributed by atoms with Crippen LogP contribution >= 0.6 is 0 Å². The van der Waals surface area contributed by atoms with Crippen molar-refractivity contribution >= 4 is 22.8 Å². The summed E-state index contributed by atoms with van der Waals surface area (Å²) >= 11 is 0. The molecule has 1 aromatic heterocycles. The minimum atomic E-state index is -0.443. The van der Waals surface area contributed by atoms with Gasteiger partial charge in [-0.2, -0.15) is 5.10 Å². The van der Waals surface area contributed by atoms with Crippen LogP contribution in [0.25, 0.3) is 10.9 Å². The number of rotatable bonds is 2. The maximum Gasteiger partial charge on any atom is 0.338 e. The maximum absolute atomic E-state index is 11.7. The second-order valence-corrected chi connectivity index (χ2v) is 4.06. The molecule has 0 atom stereocenters. The molecule has 0 bridgehead atoms. The summed E-state index contributed by atoms with van der Waals surface area (Å²) in [5, 5.41) is 9.95. The van der Waals surface area contributed by atoms with Crippen molar-refractivity contribution in [3.05, 3.63) is 29.5 Å². The van der Waals surface area contributed by atoms with Crippen molar-refractivity contribution in [1.82, 2.24) is 15.5 Å². The van der Waals surface area contributed by atoms with Crippen LogP contribution in [0, 0.1) is 11.8 Å². The second kappa shape index (κ2) is 5.89. The number of methoxy groups -OCH3 is 1. The first-order valence-electron chi connectivity index (χ1n) is 5.90. The number of aromatic nitrogens is 2. The summed E-state index contributed by atoms with van der Waals surface area (Å²) in [6.45, 7) is 1.68. The third kappa shape index (κ3) is 2.95. The predicted octanol–water partition coefficient (Wildman–Crippen LogP) is 0.837. The van der Waals surface area contributed by atoms with Gasteiger partial charge >= 0.3 is 5.97 Å². The molecule has 0 fully saturated rings. The first-order chi connectivity index (χ1) is 9.61. The number of H-pyrrole nitrogens is 1.